The van der Waals surface area contributed by atoms with Crippen molar-refractivity contribution in [1.29, 1.82) is 0 Å². The van der Waals surface area contributed by atoms with Crippen LogP contribution in [-0.4, -0.2) is 49.8 Å². The molecular formula is C19H27N3O2. The van der Waals surface area contributed by atoms with Gasteiger partial charge >= 0.3 is 6.03 Å². The Morgan fingerprint density at radius 2 is 1.88 bits per heavy atom. The van der Waals surface area contributed by atoms with Crippen LogP contribution in [0, 0.1) is 5.92 Å². The van der Waals surface area contributed by atoms with Crippen LogP contribution >= 0.6 is 0 Å². The van der Waals surface area contributed by atoms with E-state index in [4.69, 9.17) is 4.74 Å². The molecule has 2 amide bonds. The van der Waals surface area contributed by atoms with E-state index < -0.39 is 0 Å². The van der Waals surface area contributed by atoms with Crippen molar-refractivity contribution in [2.75, 3.05) is 33.4 Å². The topological polar surface area (TPSA) is 53.6 Å². The maximum absolute atomic E-state index is 11.6. The van der Waals surface area contributed by atoms with Crippen LogP contribution in [0.1, 0.15) is 31.2 Å². The molecule has 1 aromatic carbocycles. The second-order valence-electron chi connectivity index (χ2n) is 7.77. The molecule has 5 heteroatoms. The third-order valence-corrected chi connectivity index (χ3v) is 6.28. The highest BCUT2D eigenvalue weighted by Crippen LogP contribution is 2.46. The minimum absolute atomic E-state index is 0.0119. The Morgan fingerprint density at radius 1 is 1.17 bits per heavy atom. The zero-order valence-corrected chi connectivity index (χ0v) is 14.4. The molecule has 0 bridgehead atoms. The van der Waals surface area contributed by atoms with Crippen molar-refractivity contribution in [3.05, 3.63) is 35.9 Å². The Hall–Kier alpha value is -1.59. The molecule has 0 atom stereocenters. The van der Waals surface area contributed by atoms with Crippen LogP contribution in [0.15, 0.2) is 30.3 Å². The van der Waals surface area contributed by atoms with E-state index in [2.05, 4.69) is 52.9 Å². The van der Waals surface area contributed by atoms with Gasteiger partial charge in [-0.3, -0.25) is 4.90 Å². The van der Waals surface area contributed by atoms with Gasteiger partial charge in [-0.1, -0.05) is 30.3 Å². The van der Waals surface area contributed by atoms with Gasteiger partial charge in [-0.25, -0.2) is 4.79 Å². The molecule has 0 radical (unpaired) electrons. The zero-order valence-electron chi connectivity index (χ0n) is 14.4. The van der Waals surface area contributed by atoms with E-state index in [1.165, 1.54) is 5.56 Å². The van der Waals surface area contributed by atoms with E-state index >= 15 is 0 Å². The van der Waals surface area contributed by atoms with E-state index in [1.807, 2.05) is 0 Å². The number of carbonyl (C=O) groups excluding carboxylic acids is 1. The highest BCUT2D eigenvalue weighted by molar-refractivity contribution is 5.77. The van der Waals surface area contributed by atoms with Gasteiger partial charge in [-0.05, 0) is 38.3 Å². The smallest absolute Gasteiger partial charge is 0.315 e. The number of amides is 2. The summed E-state index contributed by atoms with van der Waals surface area (Å²) >= 11 is 0. The molecule has 2 N–H and O–H groups in total. The molecule has 2 saturated heterocycles. The number of ether oxygens (including phenoxy) is 1. The number of urea groups is 1. The molecular weight excluding hydrogens is 302 g/mol. The fraction of sp³-hybridized carbons (Fsp3) is 0.632. The summed E-state index contributed by atoms with van der Waals surface area (Å²) in [6.45, 7) is 3.61. The molecule has 3 aliphatic rings. The Morgan fingerprint density at radius 3 is 2.42 bits per heavy atom. The number of rotatable bonds is 4. The van der Waals surface area contributed by atoms with Gasteiger partial charge in [0.2, 0.25) is 0 Å². The highest BCUT2D eigenvalue weighted by Gasteiger charge is 2.48. The number of hydrogen-bond acceptors (Lipinski definition) is 3. The van der Waals surface area contributed by atoms with Crippen molar-refractivity contribution in [2.24, 2.45) is 5.92 Å². The molecule has 0 aromatic heterocycles. The van der Waals surface area contributed by atoms with Gasteiger partial charge in [-0.2, -0.15) is 0 Å². The van der Waals surface area contributed by atoms with E-state index in [9.17, 15) is 4.79 Å². The summed E-state index contributed by atoms with van der Waals surface area (Å²) in [6, 6.07) is 10.9. The second kappa shape index (κ2) is 6.05. The maximum Gasteiger partial charge on any atom is 0.315 e. The van der Waals surface area contributed by atoms with Gasteiger partial charge in [-0.15, -0.1) is 0 Å². The largest absolute Gasteiger partial charge is 0.381 e. The lowest BCUT2D eigenvalue weighted by Gasteiger charge is -2.51. The number of carbonyl (C=O) groups is 1. The number of hydrogen-bond donors (Lipinski definition) is 2. The molecule has 24 heavy (non-hydrogen) atoms. The van der Waals surface area contributed by atoms with E-state index in [-0.39, 0.29) is 17.1 Å². The molecule has 130 valence electrons. The van der Waals surface area contributed by atoms with E-state index in [0.29, 0.717) is 5.92 Å². The highest BCUT2D eigenvalue weighted by atomic mass is 16.5. The lowest BCUT2D eigenvalue weighted by molar-refractivity contribution is -0.0662. The molecule has 1 spiro atoms. The predicted octanol–water partition coefficient (Wildman–Crippen LogP) is 2.09. The molecule has 0 unspecified atom stereocenters. The standard InChI is InChI=1S/C19H27N3O2/c1-22(11-15-12-24-13-15)19(16-5-3-2-4-6-16)9-7-18(8-10-19)14-20-17(23)21-18/h2-6,15H,7-14H2,1H3,(H2,20,21,23)/t18-,19+. The van der Waals surface area contributed by atoms with Gasteiger partial charge in [0, 0.05) is 24.5 Å². The first-order chi connectivity index (χ1) is 11.6. The van der Waals surface area contributed by atoms with Gasteiger partial charge in [0.15, 0.2) is 0 Å². The van der Waals surface area contributed by atoms with E-state index in [1.54, 1.807) is 0 Å². The number of benzene rings is 1. The monoisotopic (exact) mass is 329 g/mol. The molecule has 5 nitrogen and oxygen atoms in total. The maximum atomic E-state index is 11.6. The molecule has 2 heterocycles. The lowest BCUT2D eigenvalue weighted by Crippen LogP contribution is -2.56. The third kappa shape index (κ3) is 2.70. The minimum Gasteiger partial charge on any atom is -0.381 e. The van der Waals surface area contributed by atoms with Crippen molar-refractivity contribution >= 4 is 6.03 Å². The molecule has 1 aliphatic carbocycles. The summed E-state index contributed by atoms with van der Waals surface area (Å²) < 4.78 is 5.37. The van der Waals surface area contributed by atoms with Gasteiger partial charge in [0.05, 0.1) is 18.8 Å². The second-order valence-corrected chi connectivity index (χ2v) is 7.77. The van der Waals surface area contributed by atoms with Gasteiger partial charge < -0.3 is 15.4 Å². The van der Waals surface area contributed by atoms with Crippen LogP contribution in [0.2, 0.25) is 0 Å². The fourth-order valence-corrected chi connectivity index (χ4v) is 4.61. The first-order valence-electron chi connectivity index (χ1n) is 9.03. The molecule has 3 fully saturated rings. The minimum atomic E-state index is -0.0458. The average molecular weight is 329 g/mol. The fourth-order valence-electron chi connectivity index (χ4n) is 4.61. The quantitative estimate of drug-likeness (QED) is 0.889. The predicted molar refractivity (Wildman–Crippen MR) is 92.8 cm³/mol. The van der Waals surface area contributed by atoms with Crippen LogP contribution in [0.3, 0.4) is 0 Å². The summed E-state index contributed by atoms with van der Waals surface area (Å²) in [4.78, 5) is 14.2. The average Bonchev–Trinajstić information content (AvgIpc) is 2.93. The van der Waals surface area contributed by atoms with Crippen molar-refractivity contribution in [2.45, 2.75) is 36.8 Å². The van der Waals surface area contributed by atoms with Gasteiger partial charge in [0.1, 0.15) is 0 Å². The molecule has 2 aliphatic heterocycles. The first kappa shape index (κ1) is 15.9. The Labute approximate surface area is 143 Å². The Kier molecular flexibility index (Phi) is 4.01. The summed E-state index contributed by atoms with van der Waals surface area (Å²) in [6.07, 6.45) is 4.18. The summed E-state index contributed by atoms with van der Waals surface area (Å²) in [5.41, 5.74) is 1.42. The zero-order chi connectivity index (χ0) is 16.6. The van der Waals surface area contributed by atoms with E-state index in [0.717, 1.165) is 52.0 Å². The Balaban J connectivity index is 1.57. The van der Waals surface area contributed by atoms with Crippen LogP contribution in [0.4, 0.5) is 4.79 Å². The molecule has 1 aromatic rings. The van der Waals surface area contributed by atoms with Crippen molar-refractivity contribution < 1.29 is 9.53 Å². The summed E-state index contributed by atoms with van der Waals surface area (Å²) in [7, 11) is 2.26. The molecule has 4 rings (SSSR count). The Bertz CT molecular complexity index is 592. The van der Waals surface area contributed by atoms with Crippen LogP contribution in [0.25, 0.3) is 0 Å². The van der Waals surface area contributed by atoms with Gasteiger partial charge in [0.25, 0.3) is 0 Å². The number of nitrogens with one attached hydrogen (secondary N) is 2. The molecule has 1 saturated carbocycles. The van der Waals surface area contributed by atoms with Crippen molar-refractivity contribution in [3.63, 3.8) is 0 Å². The van der Waals surface area contributed by atoms with Crippen molar-refractivity contribution in [1.82, 2.24) is 15.5 Å². The lowest BCUT2D eigenvalue weighted by atomic mass is 9.68. The summed E-state index contributed by atoms with van der Waals surface area (Å²) in [5, 5.41) is 6.12. The van der Waals surface area contributed by atoms with Crippen molar-refractivity contribution in [3.8, 4) is 0 Å². The van der Waals surface area contributed by atoms with Crippen LogP contribution in [0.5, 0.6) is 0 Å². The SMILES string of the molecule is CN(CC1COC1)[C@]1(c2ccccc2)CC[C@]2(CC1)CNC(=O)N2. The first-order valence-corrected chi connectivity index (χ1v) is 9.03. The summed E-state index contributed by atoms with van der Waals surface area (Å²) in [5.74, 6) is 0.652. The van der Waals surface area contributed by atoms with Crippen LogP contribution < -0.4 is 10.6 Å². The third-order valence-electron chi connectivity index (χ3n) is 6.28. The normalized spacial score (nSPS) is 33.3. The van der Waals surface area contributed by atoms with Crippen LogP contribution in [-0.2, 0) is 10.3 Å². The number of nitrogens with zero attached hydrogens (tertiary/aromatic N) is 1.